The van der Waals surface area contributed by atoms with Crippen LogP contribution in [0.25, 0.3) is 0 Å². The minimum Gasteiger partial charge on any atom is -0.472 e. The lowest BCUT2D eigenvalue weighted by Crippen LogP contribution is -2.80. The Bertz CT molecular complexity index is 1300. The highest BCUT2D eigenvalue weighted by Crippen LogP contribution is 2.72. The van der Waals surface area contributed by atoms with E-state index in [4.69, 9.17) is 28.1 Å². The Hall–Kier alpha value is -3.18. The molecule has 1 N–H and O–H groups in total. The largest absolute Gasteiger partial charge is 0.472 e. The number of rotatable bonds is 5. The van der Waals surface area contributed by atoms with Crippen molar-refractivity contribution >= 4 is 23.9 Å². The third-order valence-electron chi connectivity index (χ3n) is 10.9. The number of ether oxygens (including phenoxy) is 5. The minimum atomic E-state index is -1.80. The maximum Gasteiger partial charge on any atom is 0.339 e. The number of carbonyl (C=O) groups excluding carboxylic acids is 4. The topological polar surface area (TPSA) is 148 Å². The molecule has 5 rings (SSSR count). The molecule has 2 aliphatic carbocycles. The van der Waals surface area contributed by atoms with E-state index in [1.54, 1.807) is 13.0 Å². The first-order valence-corrected chi connectivity index (χ1v) is 14.3. The summed E-state index contributed by atoms with van der Waals surface area (Å²) in [5.74, 6) is -3.32. The minimum absolute atomic E-state index is 0.00779. The molecule has 0 radical (unpaired) electrons. The first kappa shape index (κ1) is 30.3. The molecular formula is C31H40O11. The molecule has 0 aromatic carbocycles. The van der Waals surface area contributed by atoms with E-state index in [-0.39, 0.29) is 19.3 Å². The van der Waals surface area contributed by atoms with Crippen LogP contribution in [-0.4, -0.2) is 66.1 Å². The molecule has 0 unspecified atom stereocenters. The van der Waals surface area contributed by atoms with Gasteiger partial charge in [-0.25, -0.2) is 4.79 Å². The molecule has 1 aromatic heterocycles. The van der Waals surface area contributed by atoms with Crippen LogP contribution in [0, 0.1) is 28.1 Å². The SMILES string of the molecule is C=C1[C@H]2C[C@H](OC(C)=O)[C@@]3(C)[C@@H](c4ccoc4)OC(=O)[C@@H](O)[C@]13O[C@H]1C[C@H](OC(C)=O)C(C)(C)[C@H](CC(=O)OC)[C@@]12C. The van der Waals surface area contributed by atoms with Gasteiger partial charge in [-0.3, -0.25) is 14.4 Å². The summed E-state index contributed by atoms with van der Waals surface area (Å²) in [6.45, 7) is 14.7. The molecule has 2 aliphatic heterocycles. The molecular weight excluding hydrogens is 548 g/mol. The molecule has 2 bridgehead atoms. The molecule has 11 heteroatoms. The van der Waals surface area contributed by atoms with Gasteiger partial charge >= 0.3 is 23.9 Å². The molecule has 4 fully saturated rings. The predicted octanol–water partition coefficient (Wildman–Crippen LogP) is 3.44. The third kappa shape index (κ3) is 3.92. The summed E-state index contributed by atoms with van der Waals surface area (Å²) in [4.78, 5) is 51.0. The Kier molecular flexibility index (Phi) is 7.17. The van der Waals surface area contributed by atoms with Gasteiger partial charge in [-0.2, -0.15) is 0 Å². The molecule has 0 amide bonds. The second-order valence-electron chi connectivity index (χ2n) is 13.2. The number of cyclic esters (lactones) is 1. The number of aliphatic hydroxyl groups is 1. The van der Waals surface area contributed by atoms with Gasteiger partial charge in [-0.15, -0.1) is 0 Å². The predicted molar refractivity (Wildman–Crippen MR) is 144 cm³/mol. The molecule has 42 heavy (non-hydrogen) atoms. The van der Waals surface area contributed by atoms with Crippen molar-refractivity contribution in [1.29, 1.82) is 0 Å². The van der Waals surface area contributed by atoms with Gasteiger partial charge < -0.3 is 33.2 Å². The number of furan rings is 1. The highest BCUT2D eigenvalue weighted by Gasteiger charge is 2.79. The Morgan fingerprint density at radius 3 is 2.29 bits per heavy atom. The van der Waals surface area contributed by atoms with Crippen molar-refractivity contribution in [3.63, 3.8) is 0 Å². The number of aliphatic hydroxyl groups excluding tert-OH is 1. The van der Waals surface area contributed by atoms with E-state index in [0.717, 1.165) is 0 Å². The van der Waals surface area contributed by atoms with Crippen LogP contribution >= 0.6 is 0 Å². The first-order chi connectivity index (χ1) is 19.6. The van der Waals surface area contributed by atoms with Gasteiger partial charge in [0.2, 0.25) is 0 Å². The maximum atomic E-state index is 13.4. The zero-order valence-electron chi connectivity index (χ0n) is 25.1. The number of carbonyl (C=O) groups is 4. The second kappa shape index (κ2) is 9.94. The Morgan fingerprint density at radius 2 is 1.71 bits per heavy atom. The van der Waals surface area contributed by atoms with Crippen LogP contribution in [0.1, 0.15) is 72.5 Å². The Labute approximate surface area is 244 Å². The first-order valence-electron chi connectivity index (χ1n) is 14.3. The molecule has 3 heterocycles. The monoisotopic (exact) mass is 588 g/mol. The number of methoxy groups -OCH3 is 1. The van der Waals surface area contributed by atoms with Crippen LogP contribution in [0.5, 0.6) is 0 Å². The number of hydrogen-bond acceptors (Lipinski definition) is 11. The van der Waals surface area contributed by atoms with E-state index in [1.165, 1.54) is 33.5 Å². The van der Waals surface area contributed by atoms with Crippen molar-refractivity contribution in [2.45, 2.75) is 96.9 Å². The van der Waals surface area contributed by atoms with Crippen molar-refractivity contribution in [3.8, 4) is 0 Å². The summed E-state index contributed by atoms with van der Waals surface area (Å²) in [5, 5.41) is 11.7. The zero-order valence-corrected chi connectivity index (χ0v) is 25.1. The lowest BCUT2D eigenvalue weighted by Gasteiger charge is -2.72. The highest BCUT2D eigenvalue weighted by molar-refractivity contribution is 5.80. The average Bonchev–Trinajstić information content (AvgIpc) is 3.44. The average molecular weight is 589 g/mol. The van der Waals surface area contributed by atoms with E-state index >= 15 is 0 Å². The summed E-state index contributed by atoms with van der Waals surface area (Å²) in [6.07, 6.45) is -1.70. The Balaban J connectivity index is 1.74. The Morgan fingerprint density at radius 1 is 1.07 bits per heavy atom. The smallest absolute Gasteiger partial charge is 0.339 e. The summed E-state index contributed by atoms with van der Waals surface area (Å²) >= 11 is 0. The van der Waals surface area contributed by atoms with E-state index < -0.39 is 88.1 Å². The van der Waals surface area contributed by atoms with Gasteiger partial charge in [-0.05, 0) is 36.8 Å². The molecule has 4 aliphatic rings. The molecule has 1 spiro atoms. The summed E-state index contributed by atoms with van der Waals surface area (Å²) < 4.78 is 35.1. The van der Waals surface area contributed by atoms with E-state index in [0.29, 0.717) is 11.1 Å². The fourth-order valence-electron chi connectivity index (χ4n) is 8.86. The highest BCUT2D eigenvalue weighted by atomic mass is 16.6. The quantitative estimate of drug-likeness (QED) is 0.306. The number of hydrogen-bond donors (Lipinski definition) is 1. The van der Waals surface area contributed by atoms with Crippen LogP contribution in [0.2, 0.25) is 0 Å². The van der Waals surface area contributed by atoms with Crippen molar-refractivity contribution in [2.24, 2.45) is 28.1 Å². The van der Waals surface area contributed by atoms with Crippen LogP contribution in [0.15, 0.2) is 35.2 Å². The maximum absolute atomic E-state index is 13.4. The van der Waals surface area contributed by atoms with E-state index in [9.17, 15) is 24.3 Å². The normalized spacial score (nSPS) is 42.0. The lowest BCUT2D eigenvalue weighted by molar-refractivity contribution is -0.352. The van der Waals surface area contributed by atoms with E-state index in [1.807, 2.05) is 20.8 Å². The van der Waals surface area contributed by atoms with Gasteiger partial charge in [0, 0.05) is 43.1 Å². The summed E-state index contributed by atoms with van der Waals surface area (Å²) in [6, 6.07) is 1.65. The van der Waals surface area contributed by atoms with Crippen molar-refractivity contribution in [2.75, 3.05) is 7.11 Å². The lowest BCUT2D eigenvalue weighted by atomic mass is 9.40. The second-order valence-corrected chi connectivity index (χ2v) is 13.2. The van der Waals surface area contributed by atoms with Gasteiger partial charge in [-0.1, -0.05) is 27.4 Å². The van der Waals surface area contributed by atoms with Crippen LogP contribution < -0.4 is 0 Å². The van der Waals surface area contributed by atoms with Crippen LogP contribution in [-0.2, 0) is 42.9 Å². The van der Waals surface area contributed by atoms with Crippen molar-refractivity contribution in [3.05, 3.63) is 36.3 Å². The number of esters is 4. The van der Waals surface area contributed by atoms with Gasteiger partial charge in [0.05, 0.1) is 31.2 Å². The van der Waals surface area contributed by atoms with Gasteiger partial charge in [0.1, 0.15) is 23.9 Å². The van der Waals surface area contributed by atoms with E-state index in [2.05, 4.69) is 6.58 Å². The number of fused-ring (bicyclic) bond motifs is 3. The van der Waals surface area contributed by atoms with Crippen LogP contribution in [0.3, 0.4) is 0 Å². The standard InChI is InChI=1S/C31H40O11/c1-15-19-11-23(40-17(3)33)30(7)26(18-9-10-38-14-18)41-27(36)25(35)31(15,30)42-22-13-21(39-16(2)32)28(4,5)20(29(19,22)6)12-24(34)37-8/h9-10,14,19-23,25-26,35H,1,11-13H2,2-8H3/t19-,20+,21+,22+,23+,25-,26-,29+,30+,31-/m1/s1. The molecule has 230 valence electrons. The molecule has 10 atom stereocenters. The molecule has 2 saturated heterocycles. The fraction of sp³-hybridized carbons (Fsp3) is 0.677. The summed E-state index contributed by atoms with van der Waals surface area (Å²) in [5.41, 5.74) is -3.68. The molecule has 11 nitrogen and oxygen atoms in total. The van der Waals surface area contributed by atoms with Gasteiger partial charge in [0.25, 0.3) is 0 Å². The molecule has 1 aromatic rings. The molecule has 2 saturated carbocycles. The zero-order chi connectivity index (χ0) is 31.0. The fourth-order valence-corrected chi connectivity index (χ4v) is 8.86. The van der Waals surface area contributed by atoms with Crippen molar-refractivity contribution in [1.82, 2.24) is 0 Å². The van der Waals surface area contributed by atoms with Crippen LogP contribution in [0.4, 0.5) is 0 Å². The van der Waals surface area contributed by atoms with Crippen molar-refractivity contribution < 1.29 is 52.4 Å². The summed E-state index contributed by atoms with van der Waals surface area (Å²) in [7, 11) is 1.32. The third-order valence-corrected chi connectivity index (χ3v) is 10.9. The van der Waals surface area contributed by atoms with Gasteiger partial charge in [0.15, 0.2) is 6.10 Å².